The van der Waals surface area contributed by atoms with Gasteiger partial charge in [0.05, 0.1) is 29.8 Å². The van der Waals surface area contributed by atoms with Crippen molar-refractivity contribution in [1.82, 2.24) is 14.5 Å². The highest BCUT2D eigenvalue weighted by molar-refractivity contribution is 7.98. The van der Waals surface area contributed by atoms with E-state index in [1.54, 1.807) is 18.9 Å². The molecule has 1 amide bonds. The van der Waals surface area contributed by atoms with Crippen molar-refractivity contribution in [3.05, 3.63) is 70.2 Å². The predicted molar refractivity (Wildman–Crippen MR) is 127 cm³/mol. The molecule has 0 atom stereocenters. The lowest BCUT2D eigenvalue weighted by Crippen LogP contribution is -2.15. The van der Waals surface area contributed by atoms with E-state index in [0.717, 1.165) is 44.7 Å². The number of nitrogens with one attached hydrogen (secondary N) is 1. The zero-order chi connectivity index (χ0) is 21.6. The normalized spacial score (nSPS) is 11.2. The van der Waals surface area contributed by atoms with Crippen molar-refractivity contribution in [3.63, 3.8) is 0 Å². The number of imidazole rings is 1. The summed E-state index contributed by atoms with van der Waals surface area (Å²) < 4.78 is 7.45. The number of carbonyl (C=O) groups is 1. The summed E-state index contributed by atoms with van der Waals surface area (Å²) in [5.41, 5.74) is 4.93. The summed E-state index contributed by atoms with van der Waals surface area (Å²) in [6.07, 6.45) is 0.274. The molecule has 8 heteroatoms. The number of aromatic nitrogens is 3. The lowest BCUT2D eigenvalue weighted by molar-refractivity contribution is -0.115. The topological polar surface area (TPSA) is 69.0 Å². The Morgan fingerprint density at radius 3 is 2.81 bits per heavy atom. The fraction of sp³-hybridized carbons (Fsp3) is 0.261. The van der Waals surface area contributed by atoms with Crippen molar-refractivity contribution in [3.8, 4) is 0 Å². The molecule has 160 valence electrons. The molecule has 0 fully saturated rings. The Morgan fingerprint density at radius 2 is 1.97 bits per heavy atom. The third-order valence-corrected chi connectivity index (χ3v) is 6.73. The highest BCUT2D eigenvalue weighted by Gasteiger charge is 2.13. The SMILES string of the molecule is COCCn1c(SCc2csc(CC(=O)Nc3ccccc3C)n2)nc2ccccc21. The van der Waals surface area contributed by atoms with Gasteiger partial charge in [-0.3, -0.25) is 4.79 Å². The standard InChI is InChI=1S/C23H24N4O2S2/c1-16-7-3-4-8-18(16)25-21(28)13-22-24-17(14-30-22)15-31-23-26-19-9-5-6-10-20(19)27(23)11-12-29-2/h3-10,14H,11-13,15H2,1-2H3,(H,25,28). The summed E-state index contributed by atoms with van der Waals surface area (Å²) in [6.45, 7) is 3.36. The van der Waals surface area contributed by atoms with Crippen LogP contribution in [-0.4, -0.2) is 34.2 Å². The molecule has 0 spiro atoms. The lowest BCUT2D eigenvalue weighted by atomic mass is 10.2. The summed E-state index contributed by atoms with van der Waals surface area (Å²) in [7, 11) is 1.71. The van der Waals surface area contributed by atoms with Crippen LogP contribution in [0.1, 0.15) is 16.3 Å². The molecule has 2 heterocycles. The number of fused-ring (bicyclic) bond motifs is 1. The molecular formula is C23H24N4O2S2. The second-order valence-corrected chi connectivity index (χ2v) is 8.97. The van der Waals surface area contributed by atoms with Crippen molar-refractivity contribution >= 4 is 45.7 Å². The van der Waals surface area contributed by atoms with E-state index in [1.807, 2.05) is 54.8 Å². The number of methoxy groups -OCH3 is 1. The Balaban J connectivity index is 1.39. The number of rotatable bonds is 9. The molecule has 31 heavy (non-hydrogen) atoms. The van der Waals surface area contributed by atoms with Crippen LogP contribution in [0, 0.1) is 6.92 Å². The maximum absolute atomic E-state index is 12.4. The molecule has 0 aliphatic carbocycles. The van der Waals surface area contributed by atoms with Gasteiger partial charge in [0.25, 0.3) is 0 Å². The van der Waals surface area contributed by atoms with Crippen LogP contribution in [0.3, 0.4) is 0 Å². The van der Waals surface area contributed by atoms with Crippen molar-refractivity contribution in [2.24, 2.45) is 0 Å². The smallest absolute Gasteiger partial charge is 0.231 e. The number of para-hydroxylation sites is 3. The van der Waals surface area contributed by atoms with Gasteiger partial charge in [-0.25, -0.2) is 9.97 Å². The third-order valence-electron chi connectivity index (χ3n) is 4.82. The number of benzene rings is 2. The molecule has 0 saturated heterocycles. The van der Waals surface area contributed by atoms with Crippen molar-refractivity contribution in [1.29, 1.82) is 0 Å². The molecule has 0 aliphatic rings. The van der Waals surface area contributed by atoms with Crippen LogP contribution in [0.5, 0.6) is 0 Å². The first kappa shape index (κ1) is 21.5. The number of carbonyl (C=O) groups excluding carboxylic acids is 1. The van der Waals surface area contributed by atoms with E-state index in [1.165, 1.54) is 11.3 Å². The van der Waals surface area contributed by atoms with E-state index in [0.29, 0.717) is 12.4 Å². The summed E-state index contributed by atoms with van der Waals surface area (Å²) in [6, 6.07) is 15.9. The fourth-order valence-corrected chi connectivity index (χ4v) is 5.07. The molecule has 0 saturated carbocycles. The van der Waals surface area contributed by atoms with Crippen LogP contribution >= 0.6 is 23.1 Å². The van der Waals surface area contributed by atoms with Crippen molar-refractivity contribution in [2.45, 2.75) is 30.8 Å². The Hall–Kier alpha value is -2.68. The van der Waals surface area contributed by atoms with Crippen molar-refractivity contribution < 1.29 is 9.53 Å². The molecule has 0 bridgehead atoms. The number of anilines is 1. The summed E-state index contributed by atoms with van der Waals surface area (Å²) >= 11 is 3.17. The van der Waals surface area contributed by atoms with Gasteiger partial charge >= 0.3 is 0 Å². The van der Waals surface area contributed by atoms with E-state index >= 15 is 0 Å². The minimum absolute atomic E-state index is 0.0517. The van der Waals surface area contributed by atoms with Gasteiger partial charge in [-0.05, 0) is 30.7 Å². The second kappa shape index (κ2) is 10.1. The number of hydrogen-bond acceptors (Lipinski definition) is 6. The first-order chi connectivity index (χ1) is 15.1. The van der Waals surface area contributed by atoms with Crippen LogP contribution in [0.4, 0.5) is 5.69 Å². The molecule has 0 radical (unpaired) electrons. The molecule has 2 aromatic heterocycles. The molecular weight excluding hydrogens is 428 g/mol. The van der Waals surface area contributed by atoms with Gasteiger partial charge in [0.1, 0.15) is 5.01 Å². The van der Waals surface area contributed by atoms with E-state index in [9.17, 15) is 4.79 Å². The monoisotopic (exact) mass is 452 g/mol. The average molecular weight is 453 g/mol. The number of amides is 1. The van der Waals surface area contributed by atoms with Gasteiger partial charge in [-0.2, -0.15) is 0 Å². The van der Waals surface area contributed by atoms with Crippen LogP contribution in [0.2, 0.25) is 0 Å². The van der Waals surface area contributed by atoms with Gasteiger partial charge in [-0.1, -0.05) is 42.1 Å². The molecule has 1 N–H and O–H groups in total. The van der Waals surface area contributed by atoms with Gasteiger partial charge in [0.15, 0.2) is 5.16 Å². The first-order valence-corrected chi connectivity index (χ1v) is 11.9. The molecule has 4 aromatic rings. The van der Waals surface area contributed by atoms with Crippen LogP contribution in [-0.2, 0) is 28.2 Å². The predicted octanol–water partition coefficient (Wildman–Crippen LogP) is 4.92. The Morgan fingerprint density at radius 1 is 1.16 bits per heavy atom. The average Bonchev–Trinajstić information content (AvgIpc) is 3.36. The highest BCUT2D eigenvalue weighted by atomic mass is 32.2. The van der Waals surface area contributed by atoms with Gasteiger partial charge < -0.3 is 14.6 Å². The number of thioether (sulfide) groups is 1. The minimum atomic E-state index is -0.0517. The van der Waals surface area contributed by atoms with E-state index in [4.69, 9.17) is 9.72 Å². The van der Waals surface area contributed by atoms with E-state index in [-0.39, 0.29) is 12.3 Å². The van der Waals surface area contributed by atoms with Gasteiger partial charge in [0, 0.05) is 30.5 Å². The number of nitrogens with zero attached hydrogens (tertiary/aromatic N) is 3. The lowest BCUT2D eigenvalue weighted by Gasteiger charge is -2.07. The maximum atomic E-state index is 12.4. The third kappa shape index (κ3) is 5.33. The summed E-state index contributed by atoms with van der Waals surface area (Å²) in [5, 5.41) is 6.75. The fourth-order valence-electron chi connectivity index (χ4n) is 3.24. The largest absolute Gasteiger partial charge is 0.383 e. The summed E-state index contributed by atoms with van der Waals surface area (Å²) in [4.78, 5) is 21.8. The Bertz CT molecular complexity index is 1190. The zero-order valence-corrected chi connectivity index (χ0v) is 19.1. The minimum Gasteiger partial charge on any atom is -0.383 e. The Kier molecular flexibility index (Phi) is 7.01. The number of ether oxygens (including phenoxy) is 1. The summed E-state index contributed by atoms with van der Waals surface area (Å²) in [5.74, 6) is 0.649. The maximum Gasteiger partial charge on any atom is 0.231 e. The van der Waals surface area contributed by atoms with Gasteiger partial charge in [0.2, 0.25) is 5.91 Å². The molecule has 0 aliphatic heterocycles. The molecule has 6 nitrogen and oxygen atoms in total. The molecule has 2 aromatic carbocycles. The van der Waals surface area contributed by atoms with E-state index < -0.39 is 0 Å². The Labute approximate surface area is 189 Å². The van der Waals surface area contributed by atoms with Gasteiger partial charge in [-0.15, -0.1) is 11.3 Å². The number of thiazole rings is 1. The van der Waals surface area contributed by atoms with Crippen LogP contribution in [0.25, 0.3) is 11.0 Å². The molecule has 0 unspecified atom stereocenters. The number of hydrogen-bond donors (Lipinski definition) is 1. The zero-order valence-electron chi connectivity index (χ0n) is 17.5. The van der Waals surface area contributed by atoms with Crippen LogP contribution < -0.4 is 5.32 Å². The van der Waals surface area contributed by atoms with E-state index in [2.05, 4.69) is 20.9 Å². The van der Waals surface area contributed by atoms with Crippen LogP contribution in [0.15, 0.2) is 59.1 Å². The quantitative estimate of drug-likeness (QED) is 0.365. The second-order valence-electron chi connectivity index (χ2n) is 7.09. The number of aryl methyl sites for hydroxylation is 1. The van der Waals surface area contributed by atoms with Crippen molar-refractivity contribution in [2.75, 3.05) is 19.0 Å². The molecule has 4 rings (SSSR count). The first-order valence-electron chi connectivity index (χ1n) is 10.00. The highest BCUT2D eigenvalue weighted by Crippen LogP contribution is 2.27.